The number of rotatable bonds is 6. The van der Waals surface area contributed by atoms with Gasteiger partial charge in [0, 0.05) is 20.1 Å². The first-order valence-corrected chi connectivity index (χ1v) is 8.21. The fourth-order valence-corrected chi connectivity index (χ4v) is 3.58. The highest BCUT2D eigenvalue weighted by Crippen LogP contribution is 2.38. The fraction of sp³-hybridized carbons (Fsp3) is 0.875. The Bertz CT molecular complexity index is 374. The number of hydrogen-bond acceptors (Lipinski definition) is 2. The Balaban J connectivity index is 1.82. The van der Waals surface area contributed by atoms with Crippen LogP contribution < -0.4 is 5.32 Å². The van der Waals surface area contributed by atoms with Crippen LogP contribution in [0.5, 0.6) is 0 Å². The van der Waals surface area contributed by atoms with E-state index in [2.05, 4.69) is 5.32 Å². The molecule has 120 valence electrons. The molecule has 5 heteroatoms. The van der Waals surface area contributed by atoms with Crippen LogP contribution in [0.1, 0.15) is 57.8 Å². The average molecular weight is 296 g/mol. The molecule has 0 spiro atoms. The maximum absolute atomic E-state index is 12.2. The molecule has 5 nitrogen and oxygen atoms in total. The van der Waals surface area contributed by atoms with E-state index in [4.69, 9.17) is 5.11 Å². The molecule has 0 bridgehead atoms. The molecule has 2 saturated carbocycles. The summed E-state index contributed by atoms with van der Waals surface area (Å²) in [7, 11) is 1.83. The molecule has 0 unspecified atom stereocenters. The Labute approximate surface area is 127 Å². The highest BCUT2D eigenvalue weighted by atomic mass is 16.4. The first-order valence-electron chi connectivity index (χ1n) is 8.21. The van der Waals surface area contributed by atoms with E-state index in [1.54, 1.807) is 4.90 Å². The first-order chi connectivity index (χ1) is 10.0. The molecule has 2 aliphatic carbocycles. The average Bonchev–Trinajstić information content (AvgIpc) is 2.40. The summed E-state index contributed by atoms with van der Waals surface area (Å²) in [4.78, 5) is 25.0. The molecule has 0 saturated heterocycles. The predicted molar refractivity (Wildman–Crippen MR) is 81.1 cm³/mol. The van der Waals surface area contributed by atoms with Crippen LogP contribution in [0.4, 0.5) is 4.79 Å². The zero-order chi connectivity index (χ0) is 15.3. The van der Waals surface area contributed by atoms with E-state index in [0.717, 1.165) is 32.2 Å². The summed E-state index contributed by atoms with van der Waals surface area (Å²) in [6, 6.07) is -0.0581. The molecule has 2 rings (SSSR count). The van der Waals surface area contributed by atoms with Gasteiger partial charge < -0.3 is 15.3 Å². The Morgan fingerprint density at radius 1 is 1.19 bits per heavy atom. The monoisotopic (exact) mass is 296 g/mol. The second-order valence-electron chi connectivity index (χ2n) is 6.97. The number of urea groups is 1. The number of hydrogen-bond donors (Lipinski definition) is 2. The molecule has 0 aromatic rings. The van der Waals surface area contributed by atoms with E-state index >= 15 is 0 Å². The van der Waals surface area contributed by atoms with Crippen LogP contribution in [0.25, 0.3) is 0 Å². The Kier molecular flexibility index (Phi) is 5.48. The lowest BCUT2D eigenvalue weighted by Crippen LogP contribution is -2.46. The molecule has 21 heavy (non-hydrogen) atoms. The van der Waals surface area contributed by atoms with Gasteiger partial charge in [-0.1, -0.05) is 25.7 Å². The third-order valence-electron chi connectivity index (χ3n) is 5.16. The molecular weight excluding hydrogens is 268 g/mol. The molecular formula is C16H28N2O3. The van der Waals surface area contributed by atoms with Crippen LogP contribution in [0.3, 0.4) is 0 Å². The van der Waals surface area contributed by atoms with E-state index in [1.165, 1.54) is 25.7 Å². The van der Waals surface area contributed by atoms with E-state index in [1.807, 2.05) is 7.05 Å². The van der Waals surface area contributed by atoms with Crippen molar-refractivity contribution >= 4 is 12.0 Å². The van der Waals surface area contributed by atoms with Crippen LogP contribution in [-0.2, 0) is 4.79 Å². The Morgan fingerprint density at radius 3 is 2.38 bits per heavy atom. The summed E-state index contributed by atoms with van der Waals surface area (Å²) in [5.74, 6) is -0.0996. The standard InChI is InChI=1S/C16H28N2O3/c1-18(11-13-6-5-7-13)15(21)17-12-16(10-14(19)20)8-3-2-4-9-16/h13H,2-12H2,1H3,(H,17,21)(H,19,20). The normalized spacial score (nSPS) is 21.4. The van der Waals surface area contributed by atoms with Gasteiger partial charge in [-0.15, -0.1) is 0 Å². The predicted octanol–water partition coefficient (Wildman–Crippen LogP) is 2.85. The third-order valence-corrected chi connectivity index (χ3v) is 5.16. The van der Waals surface area contributed by atoms with Crippen molar-refractivity contribution < 1.29 is 14.7 Å². The van der Waals surface area contributed by atoms with Crippen molar-refractivity contribution in [3.05, 3.63) is 0 Å². The highest BCUT2D eigenvalue weighted by Gasteiger charge is 2.35. The fourth-order valence-electron chi connectivity index (χ4n) is 3.58. The van der Waals surface area contributed by atoms with Crippen molar-refractivity contribution in [1.29, 1.82) is 0 Å². The number of nitrogens with zero attached hydrogens (tertiary/aromatic N) is 1. The van der Waals surface area contributed by atoms with Crippen LogP contribution in [0, 0.1) is 11.3 Å². The van der Waals surface area contributed by atoms with Crippen molar-refractivity contribution in [3.8, 4) is 0 Å². The summed E-state index contributed by atoms with van der Waals surface area (Å²) in [6.07, 6.45) is 9.03. The lowest BCUT2D eigenvalue weighted by atomic mass is 9.72. The molecule has 0 aliphatic heterocycles. The minimum absolute atomic E-state index is 0.0581. The minimum Gasteiger partial charge on any atom is -0.481 e. The summed E-state index contributed by atoms with van der Waals surface area (Å²) < 4.78 is 0. The maximum Gasteiger partial charge on any atom is 0.317 e. The van der Waals surface area contributed by atoms with Crippen LogP contribution in [0.15, 0.2) is 0 Å². The van der Waals surface area contributed by atoms with Gasteiger partial charge in [-0.3, -0.25) is 4.79 Å². The smallest absolute Gasteiger partial charge is 0.317 e. The molecule has 2 fully saturated rings. The number of amides is 2. The number of aliphatic carboxylic acids is 1. The molecule has 2 aliphatic rings. The second-order valence-corrected chi connectivity index (χ2v) is 6.97. The van der Waals surface area contributed by atoms with Gasteiger partial charge in [-0.2, -0.15) is 0 Å². The Morgan fingerprint density at radius 2 is 1.86 bits per heavy atom. The van der Waals surface area contributed by atoms with Gasteiger partial charge >= 0.3 is 12.0 Å². The van der Waals surface area contributed by atoms with Gasteiger partial charge in [0.2, 0.25) is 0 Å². The molecule has 2 amide bonds. The van der Waals surface area contributed by atoms with Crippen LogP contribution >= 0.6 is 0 Å². The third kappa shape index (κ3) is 4.61. The topological polar surface area (TPSA) is 69.6 Å². The van der Waals surface area contributed by atoms with Gasteiger partial charge in [0.25, 0.3) is 0 Å². The number of carboxylic acids is 1. The van der Waals surface area contributed by atoms with Crippen LogP contribution in [0.2, 0.25) is 0 Å². The largest absolute Gasteiger partial charge is 0.481 e. The van der Waals surface area contributed by atoms with Crippen LogP contribution in [-0.4, -0.2) is 42.1 Å². The van der Waals surface area contributed by atoms with E-state index < -0.39 is 5.97 Å². The van der Waals surface area contributed by atoms with Crippen molar-refractivity contribution in [3.63, 3.8) is 0 Å². The number of nitrogens with one attached hydrogen (secondary N) is 1. The lowest BCUT2D eigenvalue weighted by molar-refractivity contribution is -0.140. The van der Waals surface area contributed by atoms with Gasteiger partial charge in [0.05, 0.1) is 6.42 Å². The highest BCUT2D eigenvalue weighted by molar-refractivity contribution is 5.74. The van der Waals surface area contributed by atoms with Crippen molar-refractivity contribution in [2.45, 2.75) is 57.8 Å². The summed E-state index contributed by atoms with van der Waals surface area (Å²) in [5, 5.41) is 12.1. The van der Waals surface area contributed by atoms with Gasteiger partial charge in [0.15, 0.2) is 0 Å². The number of carboxylic acid groups (broad SMARTS) is 1. The summed E-state index contributed by atoms with van der Waals surface area (Å²) in [5.41, 5.74) is -0.239. The zero-order valence-corrected chi connectivity index (χ0v) is 13.1. The molecule has 2 N–H and O–H groups in total. The minimum atomic E-state index is -0.756. The van der Waals surface area contributed by atoms with E-state index in [0.29, 0.717) is 12.5 Å². The molecule has 0 aromatic heterocycles. The zero-order valence-electron chi connectivity index (χ0n) is 13.1. The molecule has 0 radical (unpaired) electrons. The quantitative estimate of drug-likeness (QED) is 0.792. The van der Waals surface area contributed by atoms with Crippen molar-refractivity contribution in [2.75, 3.05) is 20.1 Å². The van der Waals surface area contributed by atoms with E-state index in [-0.39, 0.29) is 17.9 Å². The number of carbonyl (C=O) groups is 2. The second kappa shape index (κ2) is 7.14. The molecule has 0 atom stereocenters. The van der Waals surface area contributed by atoms with Gasteiger partial charge in [0.1, 0.15) is 0 Å². The summed E-state index contributed by atoms with van der Waals surface area (Å²) >= 11 is 0. The van der Waals surface area contributed by atoms with Crippen molar-refractivity contribution in [2.24, 2.45) is 11.3 Å². The molecule has 0 heterocycles. The van der Waals surface area contributed by atoms with Crippen molar-refractivity contribution in [1.82, 2.24) is 10.2 Å². The SMILES string of the molecule is CN(CC1CCC1)C(=O)NCC1(CC(=O)O)CCCCC1. The summed E-state index contributed by atoms with van der Waals surface area (Å²) in [6.45, 7) is 1.31. The number of carbonyl (C=O) groups excluding carboxylic acids is 1. The van der Waals surface area contributed by atoms with Gasteiger partial charge in [-0.05, 0) is 37.0 Å². The van der Waals surface area contributed by atoms with E-state index in [9.17, 15) is 9.59 Å². The molecule has 0 aromatic carbocycles. The first kappa shape index (κ1) is 16.1. The maximum atomic E-state index is 12.2. The lowest BCUT2D eigenvalue weighted by Gasteiger charge is -2.37. The van der Waals surface area contributed by atoms with Gasteiger partial charge in [-0.25, -0.2) is 4.79 Å². The Hall–Kier alpha value is -1.26.